The Balaban J connectivity index is 1.87. The lowest BCUT2D eigenvalue weighted by molar-refractivity contribution is -0.277. The largest absolute Gasteiger partial charge is 0.496 e. The predicted molar refractivity (Wildman–Crippen MR) is 109 cm³/mol. The number of methoxy groups -OCH3 is 1. The quantitative estimate of drug-likeness (QED) is 0.459. The van der Waals surface area contributed by atoms with Gasteiger partial charge in [-0.15, -0.1) is 0 Å². The highest BCUT2D eigenvalue weighted by Gasteiger charge is 2.45. The minimum atomic E-state index is -1.69. The predicted octanol–water partition coefficient (Wildman–Crippen LogP) is 0.647. The molecule has 31 heavy (non-hydrogen) atoms. The van der Waals surface area contributed by atoms with E-state index in [4.69, 9.17) is 18.6 Å². The van der Waals surface area contributed by atoms with Gasteiger partial charge >= 0.3 is 0 Å². The van der Waals surface area contributed by atoms with Crippen LogP contribution in [-0.4, -0.2) is 64.8 Å². The average Bonchev–Trinajstić information content (AvgIpc) is 2.80. The van der Waals surface area contributed by atoms with E-state index >= 15 is 0 Å². The van der Waals surface area contributed by atoms with E-state index in [1.165, 1.54) is 7.11 Å². The van der Waals surface area contributed by atoms with Gasteiger partial charge in [-0.2, -0.15) is 0 Å². The highest BCUT2D eigenvalue weighted by atomic mass is 16.7. The average molecular weight is 430 g/mol. The fourth-order valence-corrected chi connectivity index (χ4v) is 3.52. The van der Waals surface area contributed by atoms with Crippen LogP contribution in [0.5, 0.6) is 11.5 Å². The van der Waals surface area contributed by atoms with Crippen molar-refractivity contribution in [3.63, 3.8) is 0 Å². The van der Waals surface area contributed by atoms with E-state index in [9.17, 15) is 25.2 Å². The minimum Gasteiger partial charge on any atom is -0.496 e. The fourth-order valence-electron chi connectivity index (χ4n) is 3.52. The van der Waals surface area contributed by atoms with Gasteiger partial charge in [-0.05, 0) is 24.3 Å². The summed E-state index contributed by atoms with van der Waals surface area (Å²) in [5, 5.41) is 40.1. The monoisotopic (exact) mass is 430 g/mol. The molecule has 4 N–H and O–H groups in total. The van der Waals surface area contributed by atoms with Crippen LogP contribution in [0.2, 0.25) is 0 Å². The van der Waals surface area contributed by atoms with Crippen molar-refractivity contribution in [1.82, 2.24) is 0 Å². The van der Waals surface area contributed by atoms with E-state index in [0.29, 0.717) is 16.9 Å². The minimum absolute atomic E-state index is 0.0399. The molecule has 5 atom stereocenters. The summed E-state index contributed by atoms with van der Waals surface area (Å²) in [5.41, 5.74) is 0.210. The third-order valence-corrected chi connectivity index (χ3v) is 5.19. The van der Waals surface area contributed by atoms with E-state index in [-0.39, 0.29) is 16.9 Å². The highest BCUT2D eigenvalue weighted by molar-refractivity contribution is 5.83. The molecule has 0 unspecified atom stereocenters. The van der Waals surface area contributed by atoms with E-state index in [2.05, 4.69) is 0 Å². The van der Waals surface area contributed by atoms with Gasteiger partial charge < -0.3 is 39.1 Å². The molecule has 2 aromatic carbocycles. The van der Waals surface area contributed by atoms with Crippen molar-refractivity contribution >= 4 is 11.0 Å². The number of aliphatic hydroxyl groups excluding tert-OH is 4. The number of benzene rings is 2. The maximum Gasteiger partial charge on any atom is 0.235 e. The molecule has 0 saturated carbocycles. The van der Waals surface area contributed by atoms with E-state index < -0.39 is 42.7 Å². The molecule has 164 valence electrons. The second kappa shape index (κ2) is 8.66. The van der Waals surface area contributed by atoms with Crippen molar-refractivity contribution in [3.8, 4) is 22.8 Å². The number of aliphatic hydroxyl groups is 4. The van der Waals surface area contributed by atoms with Crippen molar-refractivity contribution in [2.45, 2.75) is 30.7 Å². The van der Waals surface area contributed by atoms with Crippen LogP contribution < -0.4 is 14.9 Å². The lowest BCUT2D eigenvalue weighted by atomic mass is 9.99. The number of hydrogen-bond donors (Lipinski definition) is 4. The Labute approximate surface area is 176 Å². The van der Waals surface area contributed by atoms with Crippen LogP contribution in [0, 0.1) is 0 Å². The Kier molecular flexibility index (Phi) is 5.94. The van der Waals surface area contributed by atoms with Gasteiger partial charge in [-0.25, -0.2) is 0 Å². The van der Waals surface area contributed by atoms with Crippen molar-refractivity contribution in [1.29, 1.82) is 0 Å². The number of ether oxygens (including phenoxy) is 3. The van der Waals surface area contributed by atoms with E-state index in [1.54, 1.807) is 48.5 Å². The Hall–Kier alpha value is -2.95. The van der Waals surface area contributed by atoms with Crippen LogP contribution in [0.15, 0.2) is 57.7 Å². The highest BCUT2D eigenvalue weighted by Crippen LogP contribution is 2.37. The molecule has 0 amide bonds. The lowest BCUT2D eigenvalue weighted by Crippen LogP contribution is -2.60. The molecule has 9 heteroatoms. The molecule has 3 aromatic rings. The number of fused-ring (bicyclic) bond motifs is 1. The van der Waals surface area contributed by atoms with E-state index in [1.807, 2.05) is 0 Å². The molecule has 0 spiro atoms. The van der Waals surface area contributed by atoms with Gasteiger partial charge in [0.1, 0.15) is 35.7 Å². The van der Waals surface area contributed by atoms with Crippen LogP contribution in [0.1, 0.15) is 0 Å². The van der Waals surface area contributed by atoms with Crippen molar-refractivity contribution in [2.75, 3.05) is 13.7 Å². The first kappa shape index (κ1) is 21.3. The first-order valence-electron chi connectivity index (χ1n) is 9.62. The zero-order valence-electron chi connectivity index (χ0n) is 16.5. The Morgan fingerprint density at radius 3 is 2.42 bits per heavy atom. The smallest absolute Gasteiger partial charge is 0.235 e. The van der Waals surface area contributed by atoms with Crippen LogP contribution >= 0.6 is 0 Å². The van der Waals surface area contributed by atoms with Crippen molar-refractivity contribution in [2.24, 2.45) is 0 Å². The van der Waals surface area contributed by atoms with Gasteiger partial charge in [0, 0.05) is 0 Å². The van der Waals surface area contributed by atoms with Crippen molar-refractivity contribution in [3.05, 3.63) is 58.8 Å². The van der Waals surface area contributed by atoms with Gasteiger partial charge in [0.25, 0.3) is 0 Å². The third-order valence-electron chi connectivity index (χ3n) is 5.19. The van der Waals surface area contributed by atoms with Crippen molar-refractivity contribution < 1.29 is 39.1 Å². The second-order valence-electron chi connectivity index (χ2n) is 7.10. The SMILES string of the molecule is COc1ccccc1-c1oc2ccccc2c(=O)c1O[C@@H]1O[C@H](CO)[C@@H](O)[C@H](O)[C@H]1O. The summed E-state index contributed by atoms with van der Waals surface area (Å²) in [7, 11) is 1.47. The summed E-state index contributed by atoms with van der Waals surface area (Å²) in [6.45, 7) is -0.628. The van der Waals surface area contributed by atoms with E-state index in [0.717, 1.165) is 0 Å². The maximum absolute atomic E-state index is 13.3. The maximum atomic E-state index is 13.3. The van der Waals surface area contributed by atoms with Gasteiger partial charge in [0.2, 0.25) is 17.5 Å². The molecular formula is C22H22O9. The summed E-state index contributed by atoms with van der Waals surface area (Å²) in [6.07, 6.45) is -7.63. The van der Waals surface area contributed by atoms with Gasteiger partial charge in [0.15, 0.2) is 5.76 Å². The first-order valence-corrected chi connectivity index (χ1v) is 9.62. The molecule has 0 radical (unpaired) electrons. The molecule has 2 heterocycles. The fraction of sp³-hybridized carbons (Fsp3) is 0.318. The van der Waals surface area contributed by atoms with Gasteiger partial charge in [-0.1, -0.05) is 24.3 Å². The van der Waals surface area contributed by atoms with Crippen LogP contribution in [0.4, 0.5) is 0 Å². The van der Waals surface area contributed by atoms with Crippen LogP contribution in [0.3, 0.4) is 0 Å². The Morgan fingerprint density at radius 1 is 0.968 bits per heavy atom. The van der Waals surface area contributed by atoms with Gasteiger partial charge in [-0.3, -0.25) is 4.79 Å². The Morgan fingerprint density at radius 2 is 1.68 bits per heavy atom. The van der Waals surface area contributed by atoms with Gasteiger partial charge in [0.05, 0.1) is 24.7 Å². The zero-order chi connectivity index (χ0) is 22.1. The third kappa shape index (κ3) is 3.78. The zero-order valence-corrected chi connectivity index (χ0v) is 16.5. The topological polar surface area (TPSA) is 139 Å². The summed E-state index contributed by atoms with van der Waals surface area (Å²) in [4.78, 5) is 13.3. The standard InChI is InChI=1S/C22H22O9/c1-28-13-8-4-3-7-12(13)20-21(16(24)11-6-2-5-9-14(11)29-20)31-22-19(27)18(26)17(25)15(10-23)30-22/h2-9,15,17-19,22-23,25-27H,10H2,1H3/t15-,17-,18+,19-,22+/m1/s1. The number of hydrogen-bond acceptors (Lipinski definition) is 9. The molecule has 0 aliphatic carbocycles. The summed E-state index contributed by atoms with van der Waals surface area (Å²) >= 11 is 0. The lowest BCUT2D eigenvalue weighted by Gasteiger charge is -2.39. The normalized spacial score (nSPS) is 26.0. The van der Waals surface area contributed by atoms with Crippen LogP contribution in [0.25, 0.3) is 22.3 Å². The molecule has 1 saturated heterocycles. The molecule has 1 fully saturated rings. The number of rotatable bonds is 5. The summed E-state index contributed by atoms with van der Waals surface area (Å²) < 4.78 is 22.5. The molecule has 9 nitrogen and oxygen atoms in total. The molecule has 1 aliphatic heterocycles. The molecule has 1 aromatic heterocycles. The summed E-state index contributed by atoms with van der Waals surface area (Å²) in [6, 6.07) is 13.4. The molecule has 1 aliphatic rings. The Bertz CT molecular complexity index is 1120. The summed E-state index contributed by atoms with van der Waals surface area (Å²) in [5.74, 6) is 0.185. The second-order valence-corrected chi connectivity index (χ2v) is 7.10. The molecule has 4 rings (SSSR count). The molecular weight excluding hydrogens is 408 g/mol. The van der Waals surface area contributed by atoms with Crippen LogP contribution in [-0.2, 0) is 4.74 Å². The number of para-hydroxylation sites is 2. The first-order chi connectivity index (χ1) is 15.0. The molecule has 0 bridgehead atoms.